The molecule has 0 saturated carbocycles. The van der Waals surface area contributed by atoms with Gasteiger partial charge in [0.15, 0.2) is 0 Å². The Morgan fingerprint density at radius 2 is 2.25 bits per heavy atom. The maximum atomic E-state index is 9.06. The number of aliphatic hydroxyl groups excluding tert-OH is 2. The van der Waals surface area contributed by atoms with E-state index in [1.54, 1.807) is 11.3 Å². The SMILES string of the molecule is CC=CC=Cc1ccc(C#CC(O)CO)s1. The maximum Gasteiger partial charge on any atom is 0.138 e. The molecule has 1 aromatic rings. The van der Waals surface area contributed by atoms with Gasteiger partial charge in [-0.1, -0.05) is 30.1 Å². The van der Waals surface area contributed by atoms with Crippen LogP contribution in [0.1, 0.15) is 16.7 Å². The molecule has 2 nitrogen and oxygen atoms in total. The van der Waals surface area contributed by atoms with E-state index < -0.39 is 6.10 Å². The van der Waals surface area contributed by atoms with Gasteiger partial charge in [-0.25, -0.2) is 0 Å². The summed E-state index contributed by atoms with van der Waals surface area (Å²) < 4.78 is 0. The predicted molar refractivity (Wildman–Crippen MR) is 68.1 cm³/mol. The lowest BCUT2D eigenvalue weighted by molar-refractivity contribution is 0.138. The molecule has 0 fully saturated rings. The molecule has 3 heteroatoms. The lowest BCUT2D eigenvalue weighted by atomic mass is 10.3. The molecule has 1 atom stereocenters. The molecular weight excluding hydrogens is 220 g/mol. The fourth-order valence-electron chi connectivity index (χ4n) is 0.971. The number of allylic oxidation sites excluding steroid dienone is 3. The highest BCUT2D eigenvalue weighted by Crippen LogP contribution is 2.16. The van der Waals surface area contributed by atoms with E-state index in [4.69, 9.17) is 10.2 Å². The van der Waals surface area contributed by atoms with Crippen molar-refractivity contribution in [3.63, 3.8) is 0 Å². The summed E-state index contributed by atoms with van der Waals surface area (Å²) in [6.45, 7) is 1.64. The van der Waals surface area contributed by atoms with Crippen molar-refractivity contribution in [1.29, 1.82) is 0 Å². The molecule has 0 amide bonds. The third-order valence-electron chi connectivity index (χ3n) is 1.73. The standard InChI is InChI=1S/C13H14O2S/c1-2-3-4-5-12-8-9-13(16-12)7-6-11(15)10-14/h2-5,8-9,11,14-15H,10H2,1H3. The Hall–Kier alpha value is -1.34. The molecule has 1 unspecified atom stereocenters. The van der Waals surface area contributed by atoms with Crippen LogP contribution >= 0.6 is 11.3 Å². The van der Waals surface area contributed by atoms with Gasteiger partial charge in [-0.3, -0.25) is 0 Å². The molecule has 16 heavy (non-hydrogen) atoms. The van der Waals surface area contributed by atoms with Crippen LogP contribution in [0.25, 0.3) is 6.08 Å². The van der Waals surface area contributed by atoms with Crippen molar-refractivity contribution in [3.8, 4) is 11.8 Å². The molecule has 2 N–H and O–H groups in total. The molecule has 0 radical (unpaired) electrons. The minimum Gasteiger partial charge on any atom is -0.393 e. The van der Waals surface area contributed by atoms with E-state index in [0.717, 1.165) is 9.75 Å². The fraction of sp³-hybridized carbons (Fsp3) is 0.231. The molecular formula is C13H14O2S. The zero-order valence-electron chi connectivity index (χ0n) is 9.05. The van der Waals surface area contributed by atoms with Crippen LogP contribution in [-0.2, 0) is 0 Å². The summed E-state index contributed by atoms with van der Waals surface area (Å²) in [5.74, 6) is 5.37. The van der Waals surface area contributed by atoms with Crippen molar-refractivity contribution < 1.29 is 10.2 Å². The van der Waals surface area contributed by atoms with Gasteiger partial charge in [0.1, 0.15) is 6.10 Å². The zero-order chi connectivity index (χ0) is 11.8. The molecule has 0 aliphatic rings. The summed E-state index contributed by atoms with van der Waals surface area (Å²) >= 11 is 1.55. The lowest BCUT2D eigenvalue weighted by Crippen LogP contribution is -2.07. The van der Waals surface area contributed by atoms with Gasteiger partial charge in [-0.05, 0) is 25.1 Å². The van der Waals surface area contributed by atoms with Crippen LogP contribution in [0.5, 0.6) is 0 Å². The normalized spacial score (nSPS) is 12.9. The Labute approximate surface area is 99.6 Å². The van der Waals surface area contributed by atoms with Crippen LogP contribution < -0.4 is 0 Å². The van der Waals surface area contributed by atoms with Crippen molar-refractivity contribution in [2.24, 2.45) is 0 Å². The van der Waals surface area contributed by atoms with E-state index in [9.17, 15) is 0 Å². The van der Waals surface area contributed by atoms with Crippen molar-refractivity contribution in [3.05, 3.63) is 40.1 Å². The number of hydrogen-bond acceptors (Lipinski definition) is 3. The third kappa shape index (κ3) is 4.45. The van der Waals surface area contributed by atoms with Gasteiger partial charge >= 0.3 is 0 Å². The van der Waals surface area contributed by atoms with E-state index in [2.05, 4.69) is 11.8 Å². The Morgan fingerprint density at radius 1 is 1.44 bits per heavy atom. The second-order valence-electron chi connectivity index (χ2n) is 3.05. The summed E-state index contributed by atoms with van der Waals surface area (Å²) in [7, 11) is 0. The Balaban J connectivity index is 2.67. The molecule has 0 aromatic carbocycles. The molecule has 0 aliphatic heterocycles. The summed E-state index contributed by atoms with van der Waals surface area (Å²) in [5.41, 5.74) is 0. The van der Waals surface area contributed by atoms with Gasteiger partial charge in [0.25, 0.3) is 0 Å². The van der Waals surface area contributed by atoms with Crippen LogP contribution in [0, 0.1) is 11.8 Å². The molecule has 84 valence electrons. The minimum absolute atomic E-state index is 0.327. The molecule has 0 bridgehead atoms. The first kappa shape index (κ1) is 12.7. The lowest BCUT2D eigenvalue weighted by Gasteiger charge is -1.92. The highest BCUT2D eigenvalue weighted by molar-refractivity contribution is 7.13. The van der Waals surface area contributed by atoms with Gasteiger partial charge in [-0.2, -0.15) is 0 Å². The highest BCUT2D eigenvalue weighted by atomic mass is 32.1. The van der Waals surface area contributed by atoms with E-state index in [1.807, 2.05) is 43.4 Å². The second-order valence-corrected chi connectivity index (χ2v) is 4.17. The minimum atomic E-state index is -0.955. The number of rotatable bonds is 3. The van der Waals surface area contributed by atoms with Crippen molar-refractivity contribution in [1.82, 2.24) is 0 Å². The van der Waals surface area contributed by atoms with E-state index in [0.29, 0.717) is 0 Å². The first-order chi connectivity index (χ1) is 7.76. The van der Waals surface area contributed by atoms with Gasteiger partial charge in [0, 0.05) is 4.88 Å². The average molecular weight is 234 g/mol. The molecule has 1 heterocycles. The van der Waals surface area contributed by atoms with E-state index in [-0.39, 0.29) is 6.61 Å². The molecule has 0 saturated heterocycles. The topological polar surface area (TPSA) is 40.5 Å². The number of thiophene rings is 1. The Morgan fingerprint density at radius 3 is 2.94 bits per heavy atom. The van der Waals surface area contributed by atoms with E-state index >= 15 is 0 Å². The largest absolute Gasteiger partial charge is 0.393 e. The first-order valence-electron chi connectivity index (χ1n) is 4.96. The fourth-order valence-corrected chi connectivity index (χ4v) is 1.75. The highest BCUT2D eigenvalue weighted by Gasteiger charge is 1.95. The molecule has 1 rings (SSSR count). The average Bonchev–Trinajstić information content (AvgIpc) is 2.74. The Kier molecular flexibility index (Phi) is 5.58. The zero-order valence-corrected chi connectivity index (χ0v) is 9.87. The predicted octanol–water partition coefficient (Wildman–Crippen LogP) is 2.04. The summed E-state index contributed by atoms with van der Waals surface area (Å²) in [5, 5.41) is 17.7. The van der Waals surface area contributed by atoms with Crippen LogP contribution in [0.3, 0.4) is 0 Å². The number of hydrogen-bond donors (Lipinski definition) is 2. The Bertz CT molecular complexity index is 432. The van der Waals surface area contributed by atoms with Crippen LogP contribution in [0.15, 0.2) is 30.4 Å². The van der Waals surface area contributed by atoms with Gasteiger partial charge < -0.3 is 10.2 Å². The van der Waals surface area contributed by atoms with Crippen molar-refractivity contribution in [2.45, 2.75) is 13.0 Å². The maximum absolute atomic E-state index is 9.06. The van der Waals surface area contributed by atoms with Crippen molar-refractivity contribution >= 4 is 17.4 Å². The van der Waals surface area contributed by atoms with Gasteiger partial charge in [-0.15, -0.1) is 11.3 Å². The molecule has 0 spiro atoms. The smallest absolute Gasteiger partial charge is 0.138 e. The van der Waals surface area contributed by atoms with Crippen LogP contribution in [0.2, 0.25) is 0 Å². The second kappa shape index (κ2) is 7.02. The van der Waals surface area contributed by atoms with Gasteiger partial charge in [0.05, 0.1) is 11.5 Å². The summed E-state index contributed by atoms with van der Waals surface area (Å²) in [6.07, 6.45) is 6.93. The quantitative estimate of drug-likeness (QED) is 0.620. The summed E-state index contributed by atoms with van der Waals surface area (Å²) in [6, 6.07) is 3.87. The number of aliphatic hydroxyl groups is 2. The van der Waals surface area contributed by atoms with Crippen LogP contribution in [-0.4, -0.2) is 22.9 Å². The third-order valence-corrected chi connectivity index (χ3v) is 2.69. The van der Waals surface area contributed by atoms with Gasteiger partial charge in [0.2, 0.25) is 0 Å². The first-order valence-corrected chi connectivity index (χ1v) is 5.77. The van der Waals surface area contributed by atoms with E-state index in [1.165, 1.54) is 0 Å². The molecule has 0 aliphatic carbocycles. The summed E-state index contributed by atoms with van der Waals surface area (Å²) in [4.78, 5) is 1.99. The monoisotopic (exact) mass is 234 g/mol. The van der Waals surface area contributed by atoms with Crippen molar-refractivity contribution in [2.75, 3.05) is 6.61 Å². The molecule has 1 aromatic heterocycles. The van der Waals surface area contributed by atoms with Crippen LogP contribution in [0.4, 0.5) is 0 Å².